The maximum atomic E-state index is 5.42. The monoisotopic (exact) mass is 214 g/mol. The fourth-order valence-corrected chi connectivity index (χ4v) is 1.62. The highest BCUT2D eigenvalue weighted by Crippen LogP contribution is 2.20. The Hall–Kier alpha value is -0.710. The zero-order chi connectivity index (χ0) is 9.10. The molecule has 0 aliphatic carbocycles. The van der Waals surface area contributed by atoms with E-state index in [1.54, 1.807) is 0 Å². The van der Waals surface area contributed by atoms with E-state index < -0.39 is 0 Å². The van der Waals surface area contributed by atoms with Crippen molar-refractivity contribution in [3.05, 3.63) is 23.8 Å². The highest BCUT2D eigenvalue weighted by Gasteiger charge is 2.16. The zero-order valence-corrected chi connectivity index (χ0v) is 8.76. The van der Waals surface area contributed by atoms with Gasteiger partial charge in [0.1, 0.15) is 5.82 Å². The van der Waals surface area contributed by atoms with Crippen molar-refractivity contribution in [1.29, 1.82) is 0 Å². The maximum Gasteiger partial charge on any atom is 0.141 e. The van der Waals surface area contributed by atoms with Gasteiger partial charge in [-0.15, -0.1) is 12.4 Å². The molecule has 4 nitrogen and oxygen atoms in total. The zero-order valence-electron chi connectivity index (χ0n) is 7.94. The number of hydrogen-bond donors (Lipinski definition) is 2. The van der Waals surface area contributed by atoms with Crippen molar-refractivity contribution in [2.24, 2.45) is 5.73 Å². The Balaban J connectivity index is 0.000000980. The van der Waals surface area contributed by atoms with Crippen LogP contribution in [0.3, 0.4) is 0 Å². The second-order valence-corrected chi connectivity index (χ2v) is 3.33. The standard InChI is InChI=1S/C9H14N4.ClH/c10-3-9-12-5-8(6-13-9)7-1-2-11-4-7;/h5-7,11H,1-4,10H2;1H. The third-order valence-corrected chi connectivity index (χ3v) is 2.44. The Morgan fingerprint density at radius 3 is 2.64 bits per heavy atom. The van der Waals surface area contributed by atoms with Crippen molar-refractivity contribution < 1.29 is 0 Å². The largest absolute Gasteiger partial charge is 0.324 e. The van der Waals surface area contributed by atoms with Gasteiger partial charge in [-0.2, -0.15) is 0 Å². The van der Waals surface area contributed by atoms with Gasteiger partial charge < -0.3 is 11.1 Å². The van der Waals surface area contributed by atoms with Crippen LogP contribution in [0.2, 0.25) is 0 Å². The molecule has 1 aliphatic heterocycles. The summed E-state index contributed by atoms with van der Waals surface area (Å²) in [7, 11) is 0. The molecule has 2 rings (SSSR count). The number of halogens is 1. The van der Waals surface area contributed by atoms with Gasteiger partial charge >= 0.3 is 0 Å². The maximum absolute atomic E-state index is 5.42. The molecule has 0 aromatic carbocycles. The van der Waals surface area contributed by atoms with Crippen molar-refractivity contribution in [2.45, 2.75) is 18.9 Å². The van der Waals surface area contributed by atoms with Gasteiger partial charge in [-0.1, -0.05) is 0 Å². The van der Waals surface area contributed by atoms with Crippen LogP contribution < -0.4 is 11.1 Å². The number of nitrogens with two attached hydrogens (primary N) is 1. The third-order valence-electron chi connectivity index (χ3n) is 2.44. The molecule has 3 N–H and O–H groups in total. The lowest BCUT2D eigenvalue weighted by molar-refractivity contribution is 0.744. The van der Waals surface area contributed by atoms with E-state index in [-0.39, 0.29) is 12.4 Å². The molecule has 5 heteroatoms. The van der Waals surface area contributed by atoms with E-state index in [1.807, 2.05) is 12.4 Å². The summed E-state index contributed by atoms with van der Waals surface area (Å²) < 4.78 is 0. The average molecular weight is 215 g/mol. The predicted octanol–water partition coefficient (Wildman–Crippen LogP) is 0.434. The van der Waals surface area contributed by atoms with E-state index in [1.165, 1.54) is 12.0 Å². The molecule has 0 spiro atoms. The van der Waals surface area contributed by atoms with Gasteiger partial charge in [-0.05, 0) is 18.5 Å². The van der Waals surface area contributed by atoms with Crippen molar-refractivity contribution >= 4 is 12.4 Å². The van der Waals surface area contributed by atoms with Gasteiger partial charge in [0, 0.05) is 24.9 Å². The third kappa shape index (κ3) is 2.41. The molecular weight excluding hydrogens is 200 g/mol. The minimum atomic E-state index is 0. The summed E-state index contributed by atoms with van der Waals surface area (Å²) in [5.41, 5.74) is 6.64. The van der Waals surface area contributed by atoms with Gasteiger partial charge in [-0.25, -0.2) is 9.97 Å². The van der Waals surface area contributed by atoms with E-state index in [2.05, 4.69) is 15.3 Å². The van der Waals surface area contributed by atoms with Crippen LogP contribution in [0, 0.1) is 0 Å². The number of rotatable bonds is 2. The van der Waals surface area contributed by atoms with Crippen LogP contribution in [0.25, 0.3) is 0 Å². The van der Waals surface area contributed by atoms with Gasteiger partial charge in [0.2, 0.25) is 0 Å². The fraction of sp³-hybridized carbons (Fsp3) is 0.556. The minimum absolute atomic E-state index is 0. The number of aromatic nitrogens is 2. The van der Waals surface area contributed by atoms with E-state index in [0.717, 1.165) is 18.9 Å². The molecule has 1 unspecified atom stereocenters. The van der Waals surface area contributed by atoms with Gasteiger partial charge in [0.15, 0.2) is 0 Å². The molecule has 0 amide bonds. The number of nitrogens with one attached hydrogen (secondary N) is 1. The molecule has 0 saturated carbocycles. The summed E-state index contributed by atoms with van der Waals surface area (Å²) in [5.74, 6) is 1.31. The van der Waals surface area contributed by atoms with Crippen LogP contribution in [0.4, 0.5) is 0 Å². The molecule has 78 valence electrons. The molecule has 1 saturated heterocycles. The van der Waals surface area contributed by atoms with Crippen LogP contribution in [-0.2, 0) is 6.54 Å². The van der Waals surface area contributed by atoms with Gasteiger partial charge in [0.05, 0.1) is 6.54 Å². The van der Waals surface area contributed by atoms with Crippen molar-refractivity contribution in [3.8, 4) is 0 Å². The molecular formula is C9H15ClN4. The van der Waals surface area contributed by atoms with E-state index in [4.69, 9.17) is 5.73 Å². The highest BCUT2D eigenvalue weighted by atomic mass is 35.5. The predicted molar refractivity (Wildman–Crippen MR) is 57.4 cm³/mol. The molecule has 1 aromatic heterocycles. The van der Waals surface area contributed by atoms with Crippen LogP contribution in [0.15, 0.2) is 12.4 Å². The summed E-state index contributed by atoms with van der Waals surface area (Å²) in [4.78, 5) is 8.36. The topological polar surface area (TPSA) is 63.8 Å². The first-order chi connectivity index (χ1) is 6.40. The average Bonchev–Trinajstić information content (AvgIpc) is 2.71. The second-order valence-electron chi connectivity index (χ2n) is 3.33. The molecule has 14 heavy (non-hydrogen) atoms. The number of nitrogens with zero attached hydrogens (tertiary/aromatic N) is 2. The van der Waals surface area contributed by atoms with E-state index >= 15 is 0 Å². The van der Waals surface area contributed by atoms with Crippen LogP contribution >= 0.6 is 12.4 Å². The van der Waals surface area contributed by atoms with Crippen LogP contribution in [0.1, 0.15) is 23.7 Å². The van der Waals surface area contributed by atoms with E-state index in [0.29, 0.717) is 12.5 Å². The van der Waals surface area contributed by atoms with Crippen molar-refractivity contribution in [1.82, 2.24) is 15.3 Å². The van der Waals surface area contributed by atoms with Gasteiger partial charge in [-0.3, -0.25) is 0 Å². The smallest absolute Gasteiger partial charge is 0.141 e. The fourth-order valence-electron chi connectivity index (χ4n) is 1.62. The second kappa shape index (κ2) is 5.24. The Kier molecular flexibility index (Phi) is 4.25. The first-order valence-electron chi connectivity index (χ1n) is 4.62. The summed E-state index contributed by atoms with van der Waals surface area (Å²) in [6.45, 7) is 2.57. The summed E-state index contributed by atoms with van der Waals surface area (Å²) in [6, 6.07) is 0. The molecule has 1 aliphatic rings. The quantitative estimate of drug-likeness (QED) is 0.750. The summed E-state index contributed by atoms with van der Waals surface area (Å²) in [5, 5.41) is 3.32. The Bertz CT molecular complexity index is 269. The molecule has 1 aromatic rings. The lowest BCUT2D eigenvalue weighted by atomic mass is 10.0. The molecule has 0 radical (unpaired) electrons. The molecule has 1 fully saturated rings. The van der Waals surface area contributed by atoms with Gasteiger partial charge in [0.25, 0.3) is 0 Å². The minimum Gasteiger partial charge on any atom is -0.324 e. The molecule has 0 bridgehead atoms. The molecule has 1 atom stereocenters. The first-order valence-corrected chi connectivity index (χ1v) is 4.62. The van der Waals surface area contributed by atoms with E-state index in [9.17, 15) is 0 Å². The van der Waals surface area contributed by atoms with Crippen molar-refractivity contribution in [3.63, 3.8) is 0 Å². The Morgan fingerprint density at radius 1 is 1.43 bits per heavy atom. The lowest BCUT2D eigenvalue weighted by Gasteiger charge is -2.07. The normalized spacial score (nSPS) is 20.5. The summed E-state index contributed by atoms with van der Waals surface area (Å²) >= 11 is 0. The summed E-state index contributed by atoms with van der Waals surface area (Å²) in [6.07, 6.45) is 4.98. The number of hydrogen-bond acceptors (Lipinski definition) is 4. The molecule has 2 heterocycles. The lowest BCUT2D eigenvalue weighted by Crippen LogP contribution is -2.09. The first kappa shape index (κ1) is 11.4. The van der Waals surface area contributed by atoms with Crippen LogP contribution in [0.5, 0.6) is 0 Å². The Morgan fingerprint density at radius 2 is 2.14 bits per heavy atom. The SMILES string of the molecule is Cl.NCc1ncc(C2CCNC2)cn1. The Labute approximate surface area is 89.7 Å². The van der Waals surface area contributed by atoms with Crippen molar-refractivity contribution in [2.75, 3.05) is 13.1 Å². The van der Waals surface area contributed by atoms with Crippen LogP contribution in [-0.4, -0.2) is 23.1 Å². The highest BCUT2D eigenvalue weighted by molar-refractivity contribution is 5.85.